The molecule has 138 valence electrons. The van der Waals surface area contributed by atoms with Crippen molar-refractivity contribution in [1.29, 1.82) is 0 Å². The summed E-state index contributed by atoms with van der Waals surface area (Å²) in [6.45, 7) is 3.98. The number of nitrogens with one attached hydrogen (secondary N) is 2. The highest BCUT2D eigenvalue weighted by molar-refractivity contribution is 5.75. The lowest BCUT2D eigenvalue weighted by atomic mass is 10.1. The second-order valence-electron chi connectivity index (χ2n) is 6.95. The summed E-state index contributed by atoms with van der Waals surface area (Å²) in [5.41, 5.74) is 2.85. The lowest BCUT2D eigenvalue weighted by molar-refractivity contribution is -0.383. The number of aromatic nitrogens is 2. The molecule has 0 aliphatic heterocycles. The highest BCUT2D eigenvalue weighted by Gasteiger charge is 2.25. The fraction of sp³-hybridized carbons (Fsp3) is 0.474. The van der Waals surface area contributed by atoms with E-state index in [0.717, 1.165) is 42.5 Å². The van der Waals surface area contributed by atoms with Gasteiger partial charge in [0.1, 0.15) is 6.33 Å². The largest absolute Gasteiger partial charge is 0.361 e. The van der Waals surface area contributed by atoms with Gasteiger partial charge in [-0.2, -0.15) is 0 Å². The first kappa shape index (κ1) is 18.1. The zero-order valence-corrected chi connectivity index (χ0v) is 15.3. The molecular weight excluding hydrogens is 330 g/mol. The van der Waals surface area contributed by atoms with E-state index >= 15 is 0 Å². The Morgan fingerprint density at radius 1 is 1.08 bits per heavy atom. The molecule has 0 unspecified atom stereocenters. The minimum Gasteiger partial charge on any atom is -0.361 e. The Bertz CT molecular complexity index is 785. The van der Waals surface area contributed by atoms with Gasteiger partial charge in [-0.25, -0.2) is 9.97 Å². The highest BCUT2D eigenvalue weighted by atomic mass is 16.6. The molecule has 0 amide bonds. The van der Waals surface area contributed by atoms with Gasteiger partial charge in [-0.15, -0.1) is 0 Å². The molecule has 1 heterocycles. The first-order valence-electron chi connectivity index (χ1n) is 9.15. The van der Waals surface area contributed by atoms with Gasteiger partial charge in [-0.3, -0.25) is 10.1 Å². The maximum Gasteiger partial charge on any atom is 0.353 e. The molecule has 1 aliphatic carbocycles. The minimum atomic E-state index is -0.412. The van der Waals surface area contributed by atoms with Gasteiger partial charge in [-0.05, 0) is 38.3 Å². The number of benzene rings is 1. The summed E-state index contributed by atoms with van der Waals surface area (Å²) in [5.74, 6) is 0.511. The van der Waals surface area contributed by atoms with Crippen LogP contribution in [0.4, 0.5) is 23.0 Å². The van der Waals surface area contributed by atoms with Crippen molar-refractivity contribution in [3.05, 3.63) is 45.8 Å². The van der Waals surface area contributed by atoms with Crippen LogP contribution in [0.15, 0.2) is 24.5 Å². The van der Waals surface area contributed by atoms with E-state index in [4.69, 9.17) is 0 Å². The maximum absolute atomic E-state index is 11.7. The van der Waals surface area contributed by atoms with Crippen LogP contribution in [0.1, 0.15) is 49.7 Å². The predicted octanol–water partition coefficient (Wildman–Crippen LogP) is 4.88. The molecule has 0 saturated heterocycles. The molecule has 0 bridgehead atoms. The van der Waals surface area contributed by atoms with E-state index in [1.165, 1.54) is 19.2 Å². The fourth-order valence-corrected chi connectivity index (χ4v) is 3.45. The first-order valence-corrected chi connectivity index (χ1v) is 9.15. The number of aryl methyl sites for hydroxylation is 2. The molecule has 2 aromatic rings. The second-order valence-corrected chi connectivity index (χ2v) is 6.95. The molecule has 1 aromatic carbocycles. The third-order valence-corrected chi connectivity index (χ3v) is 4.84. The van der Waals surface area contributed by atoms with Crippen molar-refractivity contribution < 1.29 is 4.92 Å². The highest BCUT2D eigenvalue weighted by Crippen LogP contribution is 2.33. The quantitative estimate of drug-likeness (QED) is 0.451. The van der Waals surface area contributed by atoms with Gasteiger partial charge in [0.2, 0.25) is 11.6 Å². The van der Waals surface area contributed by atoms with Crippen molar-refractivity contribution in [3.63, 3.8) is 0 Å². The van der Waals surface area contributed by atoms with E-state index < -0.39 is 4.92 Å². The van der Waals surface area contributed by atoms with Crippen molar-refractivity contribution in [2.75, 3.05) is 10.6 Å². The Hall–Kier alpha value is -2.70. The Morgan fingerprint density at radius 2 is 1.77 bits per heavy atom. The third kappa shape index (κ3) is 4.28. The lowest BCUT2D eigenvalue weighted by Crippen LogP contribution is -2.20. The minimum absolute atomic E-state index is 0.100. The molecule has 2 N–H and O–H groups in total. The van der Waals surface area contributed by atoms with Gasteiger partial charge < -0.3 is 10.6 Å². The maximum atomic E-state index is 11.7. The first-order chi connectivity index (χ1) is 12.5. The van der Waals surface area contributed by atoms with E-state index in [-0.39, 0.29) is 17.5 Å². The van der Waals surface area contributed by atoms with Gasteiger partial charge in [-0.1, -0.05) is 43.4 Å². The molecule has 7 heteroatoms. The van der Waals surface area contributed by atoms with E-state index in [2.05, 4.69) is 20.6 Å². The van der Waals surface area contributed by atoms with Crippen molar-refractivity contribution in [2.24, 2.45) is 0 Å². The predicted molar refractivity (Wildman–Crippen MR) is 103 cm³/mol. The van der Waals surface area contributed by atoms with Crippen LogP contribution < -0.4 is 10.6 Å². The lowest BCUT2D eigenvalue weighted by Gasteiger charge is -2.17. The molecule has 3 rings (SSSR count). The monoisotopic (exact) mass is 355 g/mol. The third-order valence-electron chi connectivity index (χ3n) is 4.84. The molecule has 7 nitrogen and oxygen atoms in total. The van der Waals surface area contributed by atoms with E-state index in [1.807, 2.05) is 32.0 Å². The summed E-state index contributed by atoms with van der Waals surface area (Å²) in [4.78, 5) is 19.6. The summed E-state index contributed by atoms with van der Waals surface area (Å²) in [6.07, 6.45) is 8.14. The van der Waals surface area contributed by atoms with E-state index in [1.54, 1.807) is 0 Å². The number of hydrogen-bond donors (Lipinski definition) is 2. The fourth-order valence-electron chi connectivity index (χ4n) is 3.45. The van der Waals surface area contributed by atoms with Crippen LogP contribution in [-0.4, -0.2) is 20.9 Å². The number of hydrogen-bond acceptors (Lipinski definition) is 6. The Labute approximate surface area is 153 Å². The zero-order valence-electron chi connectivity index (χ0n) is 15.3. The van der Waals surface area contributed by atoms with Crippen LogP contribution >= 0.6 is 0 Å². The Morgan fingerprint density at radius 3 is 2.42 bits per heavy atom. The topological polar surface area (TPSA) is 93.0 Å². The average molecular weight is 355 g/mol. The van der Waals surface area contributed by atoms with Crippen LogP contribution in [0.25, 0.3) is 0 Å². The SMILES string of the molecule is Cc1ccc(Nc2ncnc(NC3CCCCCC3)c2[N+](=O)[O-])c(C)c1. The van der Waals surface area contributed by atoms with Gasteiger partial charge in [0.15, 0.2) is 0 Å². The molecule has 1 aliphatic rings. The second kappa shape index (κ2) is 8.12. The smallest absolute Gasteiger partial charge is 0.353 e. The van der Waals surface area contributed by atoms with Crippen molar-refractivity contribution in [1.82, 2.24) is 9.97 Å². The molecule has 1 fully saturated rings. The van der Waals surface area contributed by atoms with Crippen molar-refractivity contribution in [2.45, 2.75) is 58.4 Å². The van der Waals surface area contributed by atoms with E-state index in [9.17, 15) is 10.1 Å². The van der Waals surface area contributed by atoms with Crippen LogP contribution in [0.5, 0.6) is 0 Å². The van der Waals surface area contributed by atoms with Gasteiger partial charge >= 0.3 is 5.69 Å². The van der Waals surface area contributed by atoms with Crippen molar-refractivity contribution in [3.8, 4) is 0 Å². The summed E-state index contributed by atoms with van der Waals surface area (Å²) >= 11 is 0. The summed E-state index contributed by atoms with van der Waals surface area (Å²) in [5, 5.41) is 18.1. The van der Waals surface area contributed by atoms with Crippen LogP contribution in [0.3, 0.4) is 0 Å². The molecular formula is C19H25N5O2. The Balaban J connectivity index is 1.89. The molecule has 0 spiro atoms. The van der Waals surface area contributed by atoms with E-state index in [0.29, 0.717) is 5.82 Å². The molecule has 26 heavy (non-hydrogen) atoms. The molecule has 1 saturated carbocycles. The van der Waals surface area contributed by atoms with Gasteiger partial charge in [0.25, 0.3) is 0 Å². The molecule has 1 aromatic heterocycles. The Kier molecular flexibility index (Phi) is 5.65. The molecule has 0 atom stereocenters. The van der Waals surface area contributed by atoms with Crippen molar-refractivity contribution >= 4 is 23.0 Å². The number of rotatable bonds is 5. The normalized spacial score (nSPS) is 15.3. The van der Waals surface area contributed by atoms with Gasteiger partial charge in [0, 0.05) is 11.7 Å². The summed E-state index contributed by atoms with van der Waals surface area (Å²) < 4.78 is 0. The zero-order chi connectivity index (χ0) is 18.5. The molecule has 0 radical (unpaired) electrons. The average Bonchev–Trinajstić information content (AvgIpc) is 2.86. The summed E-state index contributed by atoms with van der Waals surface area (Å²) in [7, 11) is 0. The number of nitrogens with zero attached hydrogens (tertiary/aromatic N) is 3. The van der Waals surface area contributed by atoms with Crippen LogP contribution in [-0.2, 0) is 0 Å². The standard InChI is InChI=1S/C19H25N5O2/c1-13-9-10-16(14(2)11-13)23-19-17(24(25)26)18(20-12-21-19)22-15-7-5-3-4-6-8-15/h9-12,15H,3-8H2,1-2H3,(H2,20,21,22,23). The number of nitro groups is 1. The summed E-state index contributed by atoms with van der Waals surface area (Å²) in [6, 6.07) is 6.13. The van der Waals surface area contributed by atoms with Crippen LogP contribution in [0.2, 0.25) is 0 Å². The number of anilines is 3. The van der Waals surface area contributed by atoms with Crippen LogP contribution in [0, 0.1) is 24.0 Å². The van der Waals surface area contributed by atoms with Gasteiger partial charge in [0.05, 0.1) is 4.92 Å².